The van der Waals surface area contributed by atoms with Crippen LogP contribution in [-0.2, 0) is 5.54 Å². The maximum Gasteiger partial charge on any atom is 0.255 e. The van der Waals surface area contributed by atoms with Crippen molar-refractivity contribution in [1.82, 2.24) is 0 Å². The van der Waals surface area contributed by atoms with Crippen molar-refractivity contribution in [2.75, 3.05) is 10.6 Å². The average molecular weight is 444 g/mol. The van der Waals surface area contributed by atoms with Crippen LogP contribution in [0.15, 0.2) is 83.9 Å². The van der Waals surface area contributed by atoms with E-state index >= 15 is 0 Å². The Morgan fingerprint density at radius 1 is 0.903 bits per heavy atom. The summed E-state index contributed by atoms with van der Waals surface area (Å²) in [5.74, 6) is -0.120. The zero-order valence-electron chi connectivity index (χ0n) is 17.2. The maximum atomic E-state index is 12.4. The highest BCUT2D eigenvalue weighted by molar-refractivity contribution is 7.68. The van der Waals surface area contributed by atoms with Gasteiger partial charge in [0, 0.05) is 28.1 Å². The van der Waals surface area contributed by atoms with E-state index in [1.807, 2.05) is 42.5 Å². The lowest BCUT2D eigenvalue weighted by atomic mass is 9.90. The molecule has 1 aliphatic heterocycles. The second kappa shape index (κ2) is 7.80. The highest BCUT2D eigenvalue weighted by Crippen LogP contribution is 2.45. The number of anilines is 2. The highest BCUT2D eigenvalue weighted by atomic mass is 32.9. The summed E-state index contributed by atoms with van der Waals surface area (Å²) in [5, 5.41) is 6.58. The molecule has 5 rings (SSSR count). The van der Waals surface area contributed by atoms with Gasteiger partial charge in [-0.3, -0.25) is 4.79 Å². The predicted octanol–water partition coefficient (Wildman–Crippen LogP) is 6.62. The van der Waals surface area contributed by atoms with Gasteiger partial charge in [-0.1, -0.05) is 57.1 Å². The van der Waals surface area contributed by atoms with E-state index in [1.165, 1.54) is 16.0 Å². The lowest BCUT2D eigenvalue weighted by Gasteiger charge is -2.33. The van der Waals surface area contributed by atoms with Gasteiger partial charge < -0.3 is 10.6 Å². The molecule has 2 heterocycles. The SMILES string of the molecule is CC1(C)Nc2ccccc2-c2c1ssc2=Nc1ccc(NC(=O)c2ccccc2)cc1. The van der Waals surface area contributed by atoms with Crippen molar-refractivity contribution in [2.24, 2.45) is 4.99 Å². The van der Waals surface area contributed by atoms with Crippen LogP contribution >= 0.6 is 20.7 Å². The summed E-state index contributed by atoms with van der Waals surface area (Å²) < 4.78 is 1.02. The lowest BCUT2D eigenvalue weighted by molar-refractivity contribution is 0.102. The van der Waals surface area contributed by atoms with Crippen LogP contribution in [0.5, 0.6) is 0 Å². The Balaban J connectivity index is 1.47. The summed E-state index contributed by atoms with van der Waals surface area (Å²) in [6, 6.07) is 25.3. The van der Waals surface area contributed by atoms with Crippen LogP contribution in [-0.4, -0.2) is 5.91 Å². The van der Waals surface area contributed by atoms with Gasteiger partial charge in [0.15, 0.2) is 0 Å². The van der Waals surface area contributed by atoms with Crippen LogP contribution in [0, 0.1) is 0 Å². The average Bonchev–Trinajstić information content (AvgIpc) is 3.20. The summed E-state index contributed by atoms with van der Waals surface area (Å²) in [7, 11) is 3.48. The molecule has 1 amide bonds. The van der Waals surface area contributed by atoms with Gasteiger partial charge in [0.05, 0.1) is 16.1 Å². The molecule has 31 heavy (non-hydrogen) atoms. The van der Waals surface area contributed by atoms with E-state index in [1.54, 1.807) is 32.8 Å². The number of fused-ring (bicyclic) bond motifs is 3. The van der Waals surface area contributed by atoms with Crippen LogP contribution < -0.4 is 15.3 Å². The Morgan fingerprint density at radius 3 is 2.39 bits per heavy atom. The van der Waals surface area contributed by atoms with Crippen LogP contribution in [0.3, 0.4) is 0 Å². The maximum absolute atomic E-state index is 12.4. The molecule has 0 saturated heterocycles. The van der Waals surface area contributed by atoms with Crippen molar-refractivity contribution in [2.45, 2.75) is 19.4 Å². The smallest absolute Gasteiger partial charge is 0.255 e. The Labute approximate surface area is 188 Å². The van der Waals surface area contributed by atoms with Crippen LogP contribution in [0.4, 0.5) is 17.1 Å². The zero-order chi connectivity index (χ0) is 21.4. The molecule has 0 spiro atoms. The van der Waals surface area contributed by atoms with Crippen LogP contribution in [0.2, 0.25) is 0 Å². The molecule has 1 aliphatic rings. The summed E-state index contributed by atoms with van der Waals surface area (Å²) in [6.45, 7) is 4.41. The van der Waals surface area contributed by atoms with E-state index in [-0.39, 0.29) is 11.4 Å². The van der Waals surface area contributed by atoms with Crippen LogP contribution in [0.25, 0.3) is 11.1 Å². The first-order chi connectivity index (χ1) is 15.0. The second-order valence-electron chi connectivity index (χ2n) is 7.95. The number of hydrogen-bond donors (Lipinski definition) is 2. The van der Waals surface area contributed by atoms with Gasteiger partial charge >= 0.3 is 0 Å². The van der Waals surface area contributed by atoms with Crippen molar-refractivity contribution in [3.05, 3.63) is 94.0 Å². The molecule has 1 aromatic heterocycles. The van der Waals surface area contributed by atoms with Gasteiger partial charge in [0.1, 0.15) is 4.67 Å². The molecule has 0 bridgehead atoms. The third-order valence-corrected chi connectivity index (χ3v) is 7.89. The summed E-state index contributed by atoms with van der Waals surface area (Å²) in [4.78, 5) is 18.6. The molecular formula is C25H21N3OS2. The fourth-order valence-corrected chi connectivity index (χ4v) is 6.66. The summed E-state index contributed by atoms with van der Waals surface area (Å²) in [5.41, 5.74) is 5.67. The number of benzene rings is 3. The van der Waals surface area contributed by atoms with E-state index in [4.69, 9.17) is 4.99 Å². The second-order valence-corrected chi connectivity index (χ2v) is 10.1. The molecule has 3 aromatic carbocycles. The number of nitrogens with one attached hydrogen (secondary N) is 2. The Hall–Kier alpha value is -3.22. The molecule has 0 radical (unpaired) electrons. The van der Waals surface area contributed by atoms with Gasteiger partial charge in [-0.25, -0.2) is 4.99 Å². The van der Waals surface area contributed by atoms with E-state index in [0.29, 0.717) is 5.56 Å². The molecule has 0 fully saturated rings. The number of carbonyl (C=O) groups excluding carboxylic acids is 1. The van der Waals surface area contributed by atoms with Crippen molar-refractivity contribution in [3.8, 4) is 11.1 Å². The molecule has 0 unspecified atom stereocenters. The monoisotopic (exact) mass is 443 g/mol. The molecule has 2 N–H and O–H groups in total. The van der Waals surface area contributed by atoms with Crippen molar-refractivity contribution in [3.63, 3.8) is 0 Å². The minimum absolute atomic E-state index is 0.120. The number of carbonyl (C=O) groups is 1. The first-order valence-electron chi connectivity index (χ1n) is 10.0. The third-order valence-electron chi connectivity index (χ3n) is 5.25. The van der Waals surface area contributed by atoms with Gasteiger partial charge in [0.2, 0.25) is 0 Å². The first-order valence-corrected chi connectivity index (χ1v) is 12.2. The quantitative estimate of drug-likeness (QED) is 0.350. The molecule has 154 valence electrons. The molecule has 6 heteroatoms. The minimum Gasteiger partial charge on any atom is -0.375 e. The largest absolute Gasteiger partial charge is 0.375 e. The van der Waals surface area contributed by atoms with E-state index in [9.17, 15) is 4.79 Å². The van der Waals surface area contributed by atoms with E-state index in [0.717, 1.165) is 21.7 Å². The van der Waals surface area contributed by atoms with E-state index < -0.39 is 0 Å². The van der Waals surface area contributed by atoms with Crippen molar-refractivity contribution in [1.29, 1.82) is 0 Å². The van der Waals surface area contributed by atoms with Crippen LogP contribution in [0.1, 0.15) is 29.1 Å². The Bertz CT molecular complexity index is 1320. The lowest BCUT2D eigenvalue weighted by Crippen LogP contribution is -2.31. The topological polar surface area (TPSA) is 53.5 Å². The molecule has 0 aliphatic carbocycles. The Kier molecular flexibility index (Phi) is 4.96. The molecule has 4 nitrogen and oxygen atoms in total. The molecule has 4 aromatic rings. The van der Waals surface area contributed by atoms with Crippen molar-refractivity contribution >= 4 is 43.7 Å². The van der Waals surface area contributed by atoms with Crippen molar-refractivity contribution < 1.29 is 4.79 Å². The minimum atomic E-state index is -0.135. The van der Waals surface area contributed by atoms with Gasteiger partial charge in [-0.2, -0.15) is 0 Å². The normalized spacial score (nSPS) is 14.3. The summed E-state index contributed by atoms with van der Waals surface area (Å²) in [6.07, 6.45) is 0. The zero-order valence-corrected chi connectivity index (χ0v) is 18.8. The predicted molar refractivity (Wildman–Crippen MR) is 130 cm³/mol. The third kappa shape index (κ3) is 3.80. The van der Waals surface area contributed by atoms with E-state index in [2.05, 4.69) is 48.7 Å². The standard InChI is InChI=1S/C25H21N3OS2/c1-25(2)22-21(19-10-6-7-11-20(19)28-25)24(31-30-22)27-18-14-12-17(13-15-18)26-23(29)16-8-4-3-5-9-16/h3-15,28H,1-2H3,(H,26,29). The number of hydrogen-bond acceptors (Lipinski definition) is 5. The first kappa shape index (κ1) is 19.7. The molecule has 0 atom stereocenters. The number of nitrogens with zero attached hydrogens (tertiary/aromatic N) is 1. The number of amides is 1. The fourth-order valence-electron chi connectivity index (χ4n) is 3.72. The Morgan fingerprint density at radius 2 is 1.61 bits per heavy atom. The number of rotatable bonds is 3. The summed E-state index contributed by atoms with van der Waals surface area (Å²) >= 11 is 0. The van der Waals surface area contributed by atoms with Gasteiger partial charge in [0.25, 0.3) is 5.91 Å². The van der Waals surface area contributed by atoms with Gasteiger partial charge in [-0.05, 0) is 56.3 Å². The molecule has 0 saturated carbocycles. The number of para-hydroxylation sites is 1. The highest BCUT2D eigenvalue weighted by Gasteiger charge is 2.33. The molecular weight excluding hydrogens is 422 g/mol. The fraction of sp³-hybridized carbons (Fsp3) is 0.120. The van der Waals surface area contributed by atoms with Gasteiger partial charge in [-0.15, -0.1) is 0 Å².